The Bertz CT molecular complexity index is 29.1. The summed E-state index contributed by atoms with van der Waals surface area (Å²) in [5.41, 5.74) is 0. The van der Waals surface area contributed by atoms with E-state index in [1.54, 1.807) is 0 Å². The Balaban J connectivity index is -0.0000000480. The molecule has 0 rings (SSSR count). The van der Waals surface area contributed by atoms with Crippen LogP contribution in [0.25, 0.3) is 0 Å². The summed E-state index contributed by atoms with van der Waals surface area (Å²) in [5, 5.41) is 0. The van der Waals surface area contributed by atoms with Crippen LogP contribution in [0, 0.1) is 6.58 Å². The van der Waals surface area contributed by atoms with Gasteiger partial charge in [-0.25, -0.2) is 0 Å². The third-order valence-electron chi connectivity index (χ3n) is 0.0861. The van der Waals surface area contributed by atoms with Crippen LogP contribution in [0.5, 0.6) is 0 Å². The third-order valence-corrected chi connectivity index (χ3v) is 0.0861. The quantitative estimate of drug-likeness (QED) is 0.420. The second-order valence-electron chi connectivity index (χ2n) is 0.298. The SMILES string of the molecule is CC.[CH-]=CN=[CH-].[Y]. The van der Waals surface area contributed by atoms with Gasteiger partial charge in [0, 0.05) is 32.7 Å². The molecule has 0 spiro atoms. The molecule has 0 atom stereocenters. The van der Waals surface area contributed by atoms with Crippen molar-refractivity contribution in [1.29, 1.82) is 0 Å². The first-order valence-corrected chi connectivity index (χ1v) is 1.85. The normalized spacial score (nSPS) is 3.71. The van der Waals surface area contributed by atoms with Crippen LogP contribution >= 0.6 is 0 Å². The molecule has 0 saturated carbocycles. The molecule has 1 radical (unpaired) electrons. The molecular formula is C5H9NY-2. The second kappa shape index (κ2) is 31.3. The van der Waals surface area contributed by atoms with Crippen LogP contribution in [0.15, 0.2) is 11.2 Å². The number of hydrogen-bond donors (Lipinski definition) is 0. The van der Waals surface area contributed by atoms with Crippen LogP contribution in [0.2, 0.25) is 0 Å². The summed E-state index contributed by atoms with van der Waals surface area (Å²) >= 11 is 0. The summed E-state index contributed by atoms with van der Waals surface area (Å²) in [5.74, 6) is 0. The third kappa shape index (κ3) is 57.9. The minimum atomic E-state index is 0. The van der Waals surface area contributed by atoms with E-state index in [0.717, 1.165) is 6.20 Å². The maximum atomic E-state index is 4.61. The smallest absolute Gasteiger partial charge is 0 e. The zero-order valence-electron chi connectivity index (χ0n) is 4.76. The molecule has 0 amide bonds. The van der Waals surface area contributed by atoms with Gasteiger partial charge in [0.25, 0.3) is 0 Å². The fourth-order valence-corrected chi connectivity index (χ4v) is 0. The van der Waals surface area contributed by atoms with Gasteiger partial charge in [0.2, 0.25) is 0 Å². The summed E-state index contributed by atoms with van der Waals surface area (Å²) in [6.07, 6.45) is 1.03. The van der Waals surface area contributed by atoms with E-state index in [0.29, 0.717) is 0 Å². The summed E-state index contributed by atoms with van der Waals surface area (Å²) in [6.45, 7) is 13.1. The molecule has 0 aliphatic heterocycles. The molecule has 0 heterocycles. The van der Waals surface area contributed by atoms with Crippen LogP contribution in [-0.2, 0) is 32.7 Å². The first-order valence-electron chi connectivity index (χ1n) is 1.85. The van der Waals surface area contributed by atoms with Gasteiger partial charge in [0.05, 0.1) is 0 Å². The molecule has 0 saturated heterocycles. The average Bonchev–Trinajstić information content (AvgIpc) is 1.72. The number of aliphatic imine (C=N–C) groups is 1. The molecule has 1 nitrogen and oxygen atoms in total. The number of hydrogen-bond acceptors (Lipinski definition) is 1. The predicted octanol–water partition coefficient (Wildman–Crippen LogP) is 1.53. The Kier molecular flexibility index (Phi) is 70.1. The van der Waals surface area contributed by atoms with Gasteiger partial charge < -0.3 is 17.8 Å². The van der Waals surface area contributed by atoms with E-state index in [1.165, 1.54) is 0 Å². The minimum absolute atomic E-state index is 0. The molecule has 2 heteroatoms. The molecule has 0 aromatic carbocycles. The van der Waals surface area contributed by atoms with Gasteiger partial charge in [0.15, 0.2) is 0 Å². The first kappa shape index (κ1) is 15.6. The Hall–Kier alpha value is 0.514. The van der Waals surface area contributed by atoms with Crippen molar-refractivity contribution >= 4 is 6.72 Å². The van der Waals surface area contributed by atoms with E-state index < -0.39 is 0 Å². The number of nitrogens with zero attached hydrogens (tertiary/aromatic N) is 1. The minimum Gasteiger partial charge on any atom is -0.601 e. The van der Waals surface area contributed by atoms with Crippen molar-refractivity contribution in [3.63, 3.8) is 0 Å². The Morgan fingerprint density at radius 2 is 1.57 bits per heavy atom. The molecule has 0 unspecified atom stereocenters. The van der Waals surface area contributed by atoms with Crippen LogP contribution in [-0.4, -0.2) is 6.72 Å². The maximum Gasteiger partial charge on any atom is 0 e. The molecule has 0 N–H and O–H groups in total. The van der Waals surface area contributed by atoms with Crippen molar-refractivity contribution < 1.29 is 32.7 Å². The van der Waals surface area contributed by atoms with E-state index in [-0.39, 0.29) is 32.7 Å². The topological polar surface area (TPSA) is 12.4 Å². The van der Waals surface area contributed by atoms with E-state index in [4.69, 9.17) is 0 Å². The molecule has 0 fully saturated rings. The molecule has 0 aromatic heterocycles. The van der Waals surface area contributed by atoms with E-state index in [2.05, 4.69) is 18.3 Å². The Morgan fingerprint density at radius 1 is 1.43 bits per heavy atom. The standard InChI is InChI=1S/C3H3N.C2H6.Y/c1-3-4-2;1-2;/h1-3H;1-2H3;/q-2;;. The molecule has 0 aliphatic rings. The number of rotatable bonds is 1. The van der Waals surface area contributed by atoms with E-state index in [9.17, 15) is 0 Å². The van der Waals surface area contributed by atoms with Gasteiger partial charge in [-0.15, -0.1) is 0 Å². The monoisotopic (exact) mass is 172 g/mol. The molecule has 0 bridgehead atoms. The first-order chi connectivity index (χ1) is 2.91. The van der Waals surface area contributed by atoms with Crippen LogP contribution in [0.3, 0.4) is 0 Å². The fourth-order valence-electron chi connectivity index (χ4n) is 0. The van der Waals surface area contributed by atoms with Crippen molar-refractivity contribution in [2.75, 3.05) is 0 Å². The predicted molar refractivity (Wildman–Crippen MR) is 28.7 cm³/mol. The molecule has 39 valence electrons. The van der Waals surface area contributed by atoms with Gasteiger partial charge in [-0.2, -0.15) is 6.72 Å². The van der Waals surface area contributed by atoms with Gasteiger partial charge in [0.1, 0.15) is 0 Å². The summed E-state index contributed by atoms with van der Waals surface area (Å²) in [4.78, 5) is 2.89. The second-order valence-corrected chi connectivity index (χ2v) is 0.298. The van der Waals surface area contributed by atoms with Crippen molar-refractivity contribution in [2.45, 2.75) is 13.8 Å². The largest absolute Gasteiger partial charge is 0.601 e. The van der Waals surface area contributed by atoms with Gasteiger partial charge in [-0.1, -0.05) is 13.8 Å². The Morgan fingerprint density at radius 3 is 1.57 bits per heavy atom. The fraction of sp³-hybridized carbons (Fsp3) is 0.400. The van der Waals surface area contributed by atoms with E-state index in [1.807, 2.05) is 13.8 Å². The van der Waals surface area contributed by atoms with Crippen molar-refractivity contribution in [1.82, 2.24) is 0 Å². The van der Waals surface area contributed by atoms with Gasteiger partial charge in [-0.3, -0.25) is 0 Å². The zero-order chi connectivity index (χ0) is 5.41. The van der Waals surface area contributed by atoms with Crippen LogP contribution in [0.1, 0.15) is 13.8 Å². The van der Waals surface area contributed by atoms with E-state index >= 15 is 0 Å². The molecule has 0 aliphatic carbocycles. The summed E-state index contributed by atoms with van der Waals surface area (Å²) < 4.78 is 0. The Labute approximate surface area is 70.8 Å². The van der Waals surface area contributed by atoms with Crippen molar-refractivity contribution in [2.24, 2.45) is 4.99 Å². The van der Waals surface area contributed by atoms with Crippen molar-refractivity contribution in [3.05, 3.63) is 12.8 Å². The summed E-state index contributed by atoms with van der Waals surface area (Å²) in [7, 11) is 0. The maximum absolute atomic E-state index is 4.61. The van der Waals surface area contributed by atoms with Gasteiger partial charge >= 0.3 is 0 Å². The summed E-state index contributed by atoms with van der Waals surface area (Å²) in [6, 6.07) is 0. The molecular weight excluding hydrogens is 163 g/mol. The zero-order valence-corrected chi connectivity index (χ0v) is 7.59. The molecule has 7 heavy (non-hydrogen) atoms. The van der Waals surface area contributed by atoms with Gasteiger partial charge in [-0.05, 0) is 0 Å². The van der Waals surface area contributed by atoms with Crippen molar-refractivity contribution in [3.8, 4) is 0 Å². The molecule has 0 aromatic rings. The average molecular weight is 172 g/mol. The van der Waals surface area contributed by atoms with Crippen LogP contribution < -0.4 is 0 Å². The van der Waals surface area contributed by atoms with Crippen LogP contribution in [0.4, 0.5) is 0 Å².